The Morgan fingerprint density at radius 2 is 1.48 bits per heavy atom. The summed E-state index contributed by atoms with van der Waals surface area (Å²) in [5, 5.41) is 2.71. The molecule has 0 aliphatic heterocycles. The van der Waals surface area contributed by atoms with E-state index in [1.54, 1.807) is 11.8 Å². The van der Waals surface area contributed by atoms with Crippen LogP contribution in [-0.4, -0.2) is 43.2 Å². The van der Waals surface area contributed by atoms with Crippen LogP contribution in [0.15, 0.2) is 72.8 Å². The van der Waals surface area contributed by atoms with Crippen molar-refractivity contribution in [2.75, 3.05) is 26.3 Å². The molecular weight excluding hydrogens is 576 g/mol. The van der Waals surface area contributed by atoms with E-state index in [0.29, 0.717) is 26.3 Å². The molecule has 2 amide bonds. The Morgan fingerprint density at radius 1 is 0.783 bits per heavy atom. The minimum atomic E-state index is -0.455. The Bertz CT molecular complexity index is 1370. The number of esters is 1. The third kappa shape index (κ3) is 11.1. The van der Waals surface area contributed by atoms with Gasteiger partial charge < -0.3 is 24.4 Å². The van der Waals surface area contributed by atoms with Gasteiger partial charge in [0.2, 0.25) is 0 Å². The van der Waals surface area contributed by atoms with E-state index in [1.165, 1.54) is 11.1 Å². The highest BCUT2D eigenvalue weighted by molar-refractivity contribution is 5.80. The van der Waals surface area contributed by atoms with Gasteiger partial charge in [-0.1, -0.05) is 96.1 Å². The van der Waals surface area contributed by atoms with Crippen LogP contribution in [0.2, 0.25) is 0 Å². The number of ether oxygens (including phenoxy) is 3. The van der Waals surface area contributed by atoms with Gasteiger partial charge >= 0.3 is 12.0 Å². The largest absolute Gasteiger partial charge is 0.493 e. The van der Waals surface area contributed by atoms with Crippen LogP contribution >= 0.6 is 0 Å². The first-order valence-electron chi connectivity index (χ1n) is 16.7. The van der Waals surface area contributed by atoms with Gasteiger partial charge in [-0.2, -0.15) is 0 Å². The van der Waals surface area contributed by atoms with Crippen molar-refractivity contribution in [3.05, 3.63) is 95.1 Å². The van der Waals surface area contributed by atoms with E-state index in [1.807, 2.05) is 54.6 Å². The van der Waals surface area contributed by atoms with E-state index >= 15 is 0 Å². The van der Waals surface area contributed by atoms with Crippen molar-refractivity contribution in [2.45, 2.75) is 98.1 Å². The maximum atomic E-state index is 13.1. The summed E-state index contributed by atoms with van der Waals surface area (Å²) in [6, 6.07) is 24.1. The topological polar surface area (TPSA) is 77.1 Å². The molecule has 0 saturated heterocycles. The Kier molecular flexibility index (Phi) is 14.0. The number of carbonyl (C=O) groups is 2. The quantitative estimate of drug-likeness (QED) is 0.113. The fraction of sp³-hybridized carbons (Fsp3) is 0.487. The molecule has 0 heterocycles. The average molecular weight is 631 g/mol. The number of hydrogen-bond donors (Lipinski definition) is 1. The first kappa shape index (κ1) is 36.5. The fourth-order valence-corrected chi connectivity index (χ4v) is 4.96. The van der Waals surface area contributed by atoms with Gasteiger partial charge in [0.25, 0.3) is 0 Å². The zero-order valence-electron chi connectivity index (χ0n) is 29.0. The highest BCUT2D eigenvalue weighted by Gasteiger charge is 2.26. The van der Waals surface area contributed by atoms with Gasteiger partial charge in [-0.3, -0.25) is 4.79 Å². The summed E-state index contributed by atoms with van der Waals surface area (Å²) in [7, 11) is 0. The molecule has 46 heavy (non-hydrogen) atoms. The van der Waals surface area contributed by atoms with Crippen LogP contribution in [0.5, 0.6) is 11.5 Å². The third-order valence-electron chi connectivity index (χ3n) is 8.86. The smallest absolute Gasteiger partial charge is 0.325 e. The monoisotopic (exact) mass is 630 g/mol. The predicted molar refractivity (Wildman–Crippen MR) is 185 cm³/mol. The van der Waals surface area contributed by atoms with Crippen molar-refractivity contribution in [2.24, 2.45) is 0 Å². The Labute approximate surface area is 276 Å². The second-order valence-corrected chi connectivity index (χ2v) is 13.0. The molecule has 3 rings (SSSR count). The molecule has 7 nitrogen and oxygen atoms in total. The van der Waals surface area contributed by atoms with Gasteiger partial charge in [-0.15, -0.1) is 0 Å². The SMILES string of the molecule is CCOC(=O)CNC(=O)N(CCCCOc1ccc(C(C)(C)CC)cc1C(C)(C)CC)Cc1ccc(OCc2ccccc2)cc1. The minimum absolute atomic E-state index is 0.00882. The Hall–Kier alpha value is -4.00. The van der Waals surface area contributed by atoms with Gasteiger partial charge in [0, 0.05) is 18.7 Å². The second kappa shape index (κ2) is 17.6. The van der Waals surface area contributed by atoms with Crippen LogP contribution in [0, 0.1) is 0 Å². The van der Waals surface area contributed by atoms with Crippen molar-refractivity contribution in [3.8, 4) is 11.5 Å². The highest BCUT2D eigenvalue weighted by atomic mass is 16.5. The van der Waals surface area contributed by atoms with Gasteiger partial charge in [0.05, 0.1) is 13.2 Å². The number of hydrogen-bond acceptors (Lipinski definition) is 5. The lowest BCUT2D eigenvalue weighted by Gasteiger charge is -2.30. The van der Waals surface area contributed by atoms with E-state index < -0.39 is 5.97 Å². The van der Waals surface area contributed by atoms with Crippen molar-refractivity contribution in [1.82, 2.24) is 10.2 Å². The molecule has 0 atom stereocenters. The van der Waals surface area contributed by atoms with E-state index in [0.717, 1.165) is 48.3 Å². The molecule has 250 valence electrons. The number of carbonyl (C=O) groups excluding carboxylic acids is 2. The lowest BCUT2D eigenvalue weighted by molar-refractivity contribution is -0.141. The molecular formula is C39H54N2O5. The standard InChI is InChI=1S/C39H54N2O5/c1-8-38(4,5)32-20-23-35(34(26-32)39(6,7)9-2)45-25-15-14-24-41(37(43)40-27-36(42)44-10-3)28-30-18-21-33(22-19-30)46-29-31-16-12-11-13-17-31/h11-13,16-23,26H,8-10,14-15,24-25,27-29H2,1-7H3,(H,40,43). The third-order valence-corrected chi connectivity index (χ3v) is 8.86. The normalized spacial score (nSPS) is 11.5. The summed E-state index contributed by atoms with van der Waals surface area (Å²) in [4.78, 5) is 26.8. The number of nitrogens with zero attached hydrogens (tertiary/aromatic N) is 1. The van der Waals surface area contributed by atoms with E-state index in [2.05, 4.69) is 65.1 Å². The second-order valence-electron chi connectivity index (χ2n) is 13.0. The lowest BCUT2D eigenvalue weighted by atomic mass is 9.76. The van der Waals surface area contributed by atoms with Crippen molar-refractivity contribution in [1.29, 1.82) is 0 Å². The number of benzene rings is 3. The number of rotatable bonds is 18. The molecule has 7 heteroatoms. The summed E-state index contributed by atoms with van der Waals surface area (Å²) in [5.74, 6) is 1.24. The molecule has 1 N–H and O–H groups in total. The van der Waals surface area contributed by atoms with Gasteiger partial charge in [0.1, 0.15) is 24.7 Å². The maximum absolute atomic E-state index is 13.1. The first-order chi connectivity index (χ1) is 22.0. The highest BCUT2D eigenvalue weighted by Crippen LogP contribution is 2.38. The Balaban J connectivity index is 1.62. The molecule has 0 bridgehead atoms. The maximum Gasteiger partial charge on any atom is 0.325 e. The summed E-state index contributed by atoms with van der Waals surface area (Å²) < 4.78 is 17.3. The molecule has 0 spiro atoms. The van der Waals surface area contributed by atoms with Crippen LogP contribution in [0.3, 0.4) is 0 Å². The van der Waals surface area contributed by atoms with Crippen molar-refractivity contribution >= 4 is 12.0 Å². The fourth-order valence-electron chi connectivity index (χ4n) is 4.96. The summed E-state index contributed by atoms with van der Waals surface area (Å²) >= 11 is 0. The number of nitrogens with one attached hydrogen (secondary N) is 1. The van der Waals surface area contributed by atoms with Crippen LogP contribution < -0.4 is 14.8 Å². The lowest BCUT2D eigenvalue weighted by Crippen LogP contribution is -2.42. The molecule has 3 aromatic rings. The average Bonchev–Trinajstić information content (AvgIpc) is 3.06. The predicted octanol–water partition coefficient (Wildman–Crippen LogP) is 8.57. The molecule has 0 aliphatic rings. The molecule has 0 aliphatic carbocycles. The first-order valence-corrected chi connectivity index (χ1v) is 16.7. The van der Waals surface area contributed by atoms with Crippen LogP contribution in [-0.2, 0) is 33.5 Å². The van der Waals surface area contributed by atoms with Crippen LogP contribution in [0.1, 0.15) is 96.4 Å². The molecule has 0 radical (unpaired) electrons. The molecule has 3 aromatic carbocycles. The molecule has 0 saturated carbocycles. The van der Waals surface area contributed by atoms with Crippen LogP contribution in [0.4, 0.5) is 4.79 Å². The summed E-state index contributed by atoms with van der Waals surface area (Å²) in [5.41, 5.74) is 4.73. The zero-order chi connectivity index (χ0) is 33.6. The van der Waals surface area contributed by atoms with Crippen molar-refractivity contribution in [3.63, 3.8) is 0 Å². The van der Waals surface area contributed by atoms with Gasteiger partial charge in [-0.25, -0.2) is 4.79 Å². The number of amides is 2. The van der Waals surface area contributed by atoms with E-state index in [9.17, 15) is 9.59 Å². The molecule has 0 aromatic heterocycles. The summed E-state index contributed by atoms with van der Waals surface area (Å²) in [6.45, 7) is 17.4. The minimum Gasteiger partial charge on any atom is -0.493 e. The molecule has 0 fully saturated rings. The van der Waals surface area contributed by atoms with E-state index in [-0.39, 0.29) is 30.0 Å². The van der Waals surface area contributed by atoms with Gasteiger partial charge in [-0.05, 0) is 78.3 Å². The Morgan fingerprint density at radius 3 is 2.13 bits per heavy atom. The molecule has 0 unspecified atom stereocenters. The van der Waals surface area contributed by atoms with Crippen LogP contribution in [0.25, 0.3) is 0 Å². The van der Waals surface area contributed by atoms with Crippen molar-refractivity contribution < 1.29 is 23.8 Å². The summed E-state index contributed by atoms with van der Waals surface area (Å²) in [6.07, 6.45) is 3.60. The number of unbranched alkanes of at least 4 members (excludes halogenated alkanes) is 1. The van der Waals surface area contributed by atoms with Gasteiger partial charge in [0.15, 0.2) is 0 Å². The number of urea groups is 1. The zero-order valence-corrected chi connectivity index (χ0v) is 29.0. The van der Waals surface area contributed by atoms with E-state index in [4.69, 9.17) is 14.2 Å².